The lowest BCUT2D eigenvalue weighted by atomic mass is 10.0. The van der Waals surface area contributed by atoms with Crippen molar-refractivity contribution in [3.8, 4) is 17.9 Å². The summed E-state index contributed by atoms with van der Waals surface area (Å²) >= 11 is 0. The van der Waals surface area contributed by atoms with E-state index in [1.165, 1.54) is 0 Å². The van der Waals surface area contributed by atoms with Crippen LogP contribution in [0.3, 0.4) is 0 Å². The molecule has 0 aromatic carbocycles. The van der Waals surface area contributed by atoms with E-state index < -0.39 is 17.4 Å². The Morgan fingerprint density at radius 1 is 1.25 bits per heavy atom. The molecule has 132 valence electrons. The summed E-state index contributed by atoms with van der Waals surface area (Å²) in [5, 5.41) is 9.26. The zero-order valence-electron chi connectivity index (χ0n) is 14.4. The van der Waals surface area contributed by atoms with Crippen molar-refractivity contribution in [3.63, 3.8) is 0 Å². The molecule has 0 aromatic heterocycles. The second-order valence-corrected chi connectivity index (χ2v) is 7.16. The van der Waals surface area contributed by atoms with Gasteiger partial charge in [-0.15, -0.1) is 0 Å². The van der Waals surface area contributed by atoms with Gasteiger partial charge in [0.05, 0.1) is 18.2 Å². The highest BCUT2D eigenvalue weighted by atomic mass is 19.3. The van der Waals surface area contributed by atoms with Crippen LogP contribution >= 0.6 is 0 Å². The maximum atomic E-state index is 13.4. The third kappa shape index (κ3) is 4.68. The number of rotatable bonds is 3. The fraction of sp³-hybridized carbons (Fsp3) is 0.778. The highest BCUT2D eigenvalue weighted by molar-refractivity contribution is 5.81. The van der Waals surface area contributed by atoms with E-state index in [1.54, 1.807) is 23.6 Å². The van der Waals surface area contributed by atoms with E-state index in [0.29, 0.717) is 19.6 Å². The minimum atomic E-state index is -2.65. The minimum absolute atomic E-state index is 0.146. The van der Waals surface area contributed by atoms with Crippen molar-refractivity contribution >= 4 is 5.91 Å². The number of likely N-dealkylation sites (tertiary alicyclic amines) is 2. The van der Waals surface area contributed by atoms with Gasteiger partial charge in [-0.1, -0.05) is 11.8 Å². The van der Waals surface area contributed by atoms with E-state index in [-0.39, 0.29) is 25.3 Å². The molecule has 1 unspecified atom stereocenters. The number of piperidine rings is 1. The van der Waals surface area contributed by atoms with Gasteiger partial charge in [0, 0.05) is 32.5 Å². The van der Waals surface area contributed by atoms with Gasteiger partial charge in [-0.25, -0.2) is 8.78 Å². The highest BCUT2D eigenvalue weighted by Crippen LogP contribution is 2.31. The van der Waals surface area contributed by atoms with E-state index in [9.17, 15) is 18.8 Å². The summed E-state index contributed by atoms with van der Waals surface area (Å²) in [5.41, 5.74) is -0.686. The number of alkyl halides is 2. The smallest absolute Gasteiger partial charge is 0.261 e. The summed E-state index contributed by atoms with van der Waals surface area (Å²) in [7, 11) is 0. The number of amides is 1. The molecule has 1 amide bonds. The van der Waals surface area contributed by atoms with Crippen LogP contribution in [0, 0.1) is 29.1 Å². The maximum absolute atomic E-state index is 13.4. The molecule has 2 aliphatic rings. The quantitative estimate of drug-likeness (QED) is 0.744. The SMILES string of the molecule is CC(C)(C#CCC(C#N)C(=O)N1CCCCC1)N1CCC(F)(F)C1. The predicted molar refractivity (Wildman–Crippen MR) is 87.1 cm³/mol. The molecule has 2 saturated heterocycles. The molecule has 2 fully saturated rings. The Morgan fingerprint density at radius 3 is 2.46 bits per heavy atom. The normalized spacial score (nSPS) is 22.4. The first-order valence-electron chi connectivity index (χ1n) is 8.56. The molecule has 2 rings (SSSR count). The molecule has 2 heterocycles. The van der Waals surface area contributed by atoms with Gasteiger partial charge >= 0.3 is 0 Å². The Kier molecular flexibility index (Phi) is 5.83. The van der Waals surface area contributed by atoms with E-state index in [4.69, 9.17) is 0 Å². The third-order valence-electron chi connectivity index (χ3n) is 4.78. The Hall–Kier alpha value is -1.66. The second-order valence-electron chi connectivity index (χ2n) is 7.16. The lowest BCUT2D eigenvalue weighted by Crippen LogP contribution is -2.42. The van der Waals surface area contributed by atoms with Gasteiger partial charge in [-0.3, -0.25) is 9.69 Å². The van der Waals surface area contributed by atoms with Crippen molar-refractivity contribution in [2.75, 3.05) is 26.2 Å². The monoisotopic (exact) mass is 337 g/mol. The maximum Gasteiger partial charge on any atom is 0.261 e. The molecule has 0 N–H and O–H groups in total. The summed E-state index contributed by atoms with van der Waals surface area (Å²) in [6.07, 6.45) is 3.08. The first-order valence-corrected chi connectivity index (χ1v) is 8.56. The number of nitriles is 1. The van der Waals surface area contributed by atoms with Crippen LogP contribution < -0.4 is 0 Å². The van der Waals surface area contributed by atoms with Crippen LogP contribution in [0.1, 0.15) is 46.0 Å². The fourth-order valence-corrected chi connectivity index (χ4v) is 3.18. The van der Waals surface area contributed by atoms with Gasteiger partial charge in [0.2, 0.25) is 5.91 Å². The number of hydrogen-bond donors (Lipinski definition) is 0. The van der Waals surface area contributed by atoms with E-state index >= 15 is 0 Å². The van der Waals surface area contributed by atoms with Crippen LogP contribution in [0.5, 0.6) is 0 Å². The first kappa shape index (κ1) is 18.7. The highest BCUT2D eigenvalue weighted by Gasteiger charge is 2.43. The van der Waals surface area contributed by atoms with Crippen molar-refractivity contribution in [2.45, 2.75) is 57.4 Å². The lowest BCUT2D eigenvalue weighted by molar-refractivity contribution is -0.134. The lowest BCUT2D eigenvalue weighted by Gasteiger charge is -2.30. The largest absolute Gasteiger partial charge is 0.342 e. The van der Waals surface area contributed by atoms with Gasteiger partial charge in [0.1, 0.15) is 5.92 Å². The van der Waals surface area contributed by atoms with Crippen molar-refractivity contribution in [3.05, 3.63) is 0 Å². The van der Waals surface area contributed by atoms with Crippen molar-refractivity contribution in [1.82, 2.24) is 9.80 Å². The van der Waals surface area contributed by atoms with Crippen molar-refractivity contribution < 1.29 is 13.6 Å². The molecule has 0 spiro atoms. The standard InChI is InChI=1S/C18H25F2N3O/c1-17(2,23-12-9-18(19,20)14-23)8-6-7-15(13-21)16(24)22-10-4-3-5-11-22/h15H,3-5,7,9-12,14H2,1-2H3. The van der Waals surface area contributed by atoms with E-state index in [1.807, 2.05) is 6.07 Å². The second kappa shape index (κ2) is 7.49. The van der Waals surface area contributed by atoms with Crippen molar-refractivity contribution in [2.24, 2.45) is 5.92 Å². The molecule has 6 heteroatoms. The van der Waals surface area contributed by atoms with Gasteiger partial charge in [0.15, 0.2) is 0 Å². The van der Waals surface area contributed by atoms with E-state index in [2.05, 4.69) is 11.8 Å². The third-order valence-corrected chi connectivity index (χ3v) is 4.78. The molecule has 0 aliphatic carbocycles. The average molecular weight is 337 g/mol. The minimum Gasteiger partial charge on any atom is -0.342 e. The van der Waals surface area contributed by atoms with E-state index in [0.717, 1.165) is 19.3 Å². The molecule has 0 saturated carbocycles. The van der Waals surface area contributed by atoms with Crippen LogP contribution in [0.15, 0.2) is 0 Å². The first-order chi connectivity index (χ1) is 11.2. The van der Waals surface area contributed by atoms with Crippen LogP contribution in [0.4, 0.5) is 8.78 Å². The number of nitrogens with zero attached hydrogens (tertiary/aromatic N) is 3. The summed E-state index contributed by atoms with van der Waals surface area (Å²) in [5.74, 6) is 2.29. The number of carbonyl (C=O) groups excluding carboxylic acids is 1. The fourth-order valence-electron chi connectivity index (χ4n) is 3.18. The summed E-state index contributed by atoms with van der Waals surface area (Å²) in [4.78, 5) is 15.8. The average Bonchev–Trinajstić information content (AvgIpc) is 2.93. The van der Waals surface area contributed by atoms with Crippen LogP contribution in [-0.4, -0.2) is 53.3 Å². The number of hydrogen-bond acceptors (Lipinski definition) is 3. The molecule has 0 radical (unpaired) electrons. The molecule has 1 atom stereocenters. The molecular weight excluding hydrogens is 312 g/mol. The van der Waals surface area contributed by atoms with Crippen molar-refractivity contribution in [1.29, 1.82) is 5.26 Å². The van der Waals surface area contributed by atoms with Crippen LogP contribution in [0.2, 0.25) is 0 Å². The number of halogens is 2. The molecule has 0 aromatic rings. The van der Waals surface area contributed by atoms with Crippen LogP contribution in [-0.2, 0) is 4.79 Å². The Bertz CT molecular complexity index is 565. The zero-order valence-corrected chi connectivity index (χ0v) is 14.4. The summed E-state index contributed by atoms with van der Waals surface area (Å²) < 4.78 is 26.7. The molecular formula is C18H25F2N3O. The number of carbonyl (C=O) groups is 1. The Labute approximate surface area is 142 Å². The molecule has 0 bridgehead atoms. The predicted octanol–water partition coefficient (Wildman–Crippen LogP) is 2.65. The summed E-state index contributed by atoms with van der Waals surface area (Å²) in [6, 6.07) is 2.04. The van der Waals surface area contributed by atoms with Gasteiger partial charge < -0.3 is 4.90 Å². The molecule has 2 aliphatic heterocycles. The zero-order chi connectivity index (χ0) is 17.8. The Morgan fingerprint density at radius 2 is 1.92 bits per heavy atom. The van der Waals surface area contributed by atoms with Gasteiger partial charge in [0.25, 0.3) is 5.92 Å². The van der Waals surface area contributed by atoms with Gasteiger partial charge in [-0.2, -0.15) is 5.26 Å². The molecule has 4 nitrogen and oxygen atoms in total. The summed E-state index contributed by atoms with van der Waals surface area (Å²) in [6.45, 7) is 5.04. The molecule has 24 heavy (non-hydrogen) atoms. The van der Waals surface area contributed by atoms with Crippen LogP contribution in [0.25, 0.3) is 0 Å². The Balaban J connectivity index is 1.94. The van der Waals surface area contributed by atoms with Gasteiger partial charge in [-0.05, 0) is 33.1 Å². The topological polar surface area (TPSA) is 47.3 Å².